The van der Waals surface area contributed by atoms with Crippen molar-refractivity contribution in [1.29, 1.82) is 0 Å². The largest absolute Gasteiger partial charge is 0.397 e. The quantitative estimate of drug-likeness (QED) is 0.816. The zero-order valence-electron chi connectivity index (χ0n) is 9.61. The third-order valence-electron chi connectivity index (χ3n) is 2.53. The minimum atomic E-state index is -0.983. The molecule has 0 atom stereocenters. The molecule has 0 aliphatic carbocycles. The first-order valence-corrected chi connectivity index (χ1v) is 5.30. The Bertz CT molecular complexity index is 547. The summed E-state index contributed by atoms with van der Waals surface area (Å²) in [6, 6.07) is 4.08. The van der Waals surface area contributed by atoms with E-state index in [0.29, 0.717) is 0 Å². The number of nitrogens with zero attached hydrogens (tertiary/aromatic N) is 2. The summed E-state index contributed by atoms with van der Waals surface area (Å²) in [6.07, 6.45) is 1.57. The first-order chi connectivity index (χ1) is 8.00. The standard InChI is InChI=1S/C12H13F2N3/c1-7(2)10-5-6-17(16-10)12-9(15)4-3-8(13)11(12)14/h3-7H,15H2,1-2H3. The Labute approximate surface area is 97.9 Å². The molecule has 0 saturated heterocycles. The molecular formula is C12H13F2N3. The van der Waals surface area contributed by atoms with Gasteiger partial charge in [-0.25, -0.2) is 13.5 Å². The van der Waals surface area contributed by atoms with Crippen LogP contribution in [0.2, 0.25) is 0 Å². The van der Waals surface area contributed by atoms with E-state index in [4.69, 9.17) is 5.73 Å². The number of anilines is 1. The van der Waals surface area contributed by atoms with Gasteiger partial charge in [0.1, 0.15) is 5.69 Å². The van der Waals surface area contributed by atoms with Crippen molar-refractivity contribution in [3.63, 3.8) is 0 Å². The second kappa shape index (κ2) is 4.16. The molecule has 2 aromatic rings. The molecule has 17 heavy (non-hydrogen) atoms. The van der Waals surface area contributed by atoms with Gasteiger partial charge in [-0.1, -0.05) is 13.8 Å². The lowest BCUT2D eigenvalue weighted by Gasteiger charge is -2.07. The number of halogens is 2. The van der Waals surface area contributed by atoms with E-state index >= 15 is 0 Å². The van der Waals surface area contributed by atoms with Gasteiger partial charge in [-0.2, -0.15) is 5.10 Å². The summed E-state index contributed by atoms with van der Waals surface area (Å²) in [6.45, 7) is 3.94. The van der Waals surface area contributed by atoms with Gasteiger partial charge in [-0.05, 0) is 24.1 Å². The third-order valence-corrected chi connectivity index (χ3v) is 2.53. The molecule has 0 spiro atoms. The fourth-order valence-electron chi connectivity index (χ4n) is 1.56. The summed E-state index contributed by atoms with van der Waals surface area (Å²) in [4.78, 5) is 0. The van der Waals surface area contributed by atoms with Crippen LogP contribution in [0.4, 0.5) is 14.5 Å². The number of nitrogen functional groups attached to an aromatic ring is 1. The van der Waals surface area contributed by atoms with Gasteiger partial charge < -0.3 is 5.73 Å². The van der Waals surface area contributed by atoms with Crippen molar-refractivity contribution in [3.8, 4) is 5.69 Å². The fraction of sp³-hybridized carbons (Fsp3) is 0.250. The Hall–Kier alpha value is -1.91. The van der Waals surface area contributed by atoms with Crippen molar-refractivity contribution in [2.45, 2.75) is 19.8 Å². The van der Waals surface area contributed by atoms with Gasteiger partial charge in [-0.3, -0.25) is 0 Å². The number of hydrogen-bond donors (Lipinski definition) is 1. The van der Waals surface area contributed by atoms with Gasteiger partial charge in [0.2, 0.25) is 0 Å². The zero-order valence-corrected chi connectivity index (χ0v) is 9.61. The van der Waals surface area contributed by atoms with Gasteiger partial charge in [0.25, 0.3) is 0 Å². The number of hydrogen-bond acceptors (Lipinski definition) is 2. The van der Waals surface area contributed by atoms with Crippen molar-refractivity contribution < 1.29 is 8.78 Å². The van der Waals surface area contributed by atoms with Crippen molar-refractivity contribution in [2.75, 3.05) is 5.73 Å². The SMILES string of the molecule is CC(C)c1ccn(-c2c(N)ccc(F)c2F)n1. The number of nitrogens with two attached hydrogens (primary N) is 1. The maximum atomic E-state index is 13.6. The van der Waals surface area contributed by atoms with E-state index in [-0.39, 0.29) is 17.3 Å². The van der Waals surface area contributed by atoms with Crippen LogP contribution >= 0.6 is 0 Å². The van der Waals surface area contributed by atoms with Crippen LogP contribution in [0.25, 0.3) is 5.69 Å². The van der Waals surface area contributed by atoms with Crippen LogP contribution in [0, 0.1) is 11.6 Å². The molecule has 5 heteroatoms. The fourth-order valence-corrected chi connectivity index (χ4v) is 1.56. The van der Waals surface area contributed by atoms with Gasteiger partial charge >= 0.3 is 0 Å². The lowest BCUT2D eigenvalue weighted by molar-refractivity contribution is 0.502. The van der Waals surface area contributed by atoms with E-state index in [1.54, 1.807) is 12.3 Å². The summed E-state index contributed by atoms with van der Waals surface area (Å²) < 4.78 is 28.0. The number of benzene rings is 1. The molecule has 2 rings (SSSR count). The molecule has 90 valence electrons. The Kier molecular flexibility index (Phi) is 2.83. The van der Waals surface area contributed by atoms with Crippen LogP contribution in [0.1, 0.15) is 25.5 Å². The zero-order chi connectivity index (χ0) is 12.6. The summed E-state index contributed by atoms with van der Waals surface area (Å²) in [5.41, 5.74) is 6.55. The molecule has 1 aromatic heterocycles. The maximum absolute atomic E-state index is 13.6. The Balaban J connectivity index is 2.56. The molecule has 1 heterocycles. The van der Waals surface area contributed by atoms with E-state index < -0.39 is 11.6 Å². The predicted molar refractivity (Wildman–Crippen MR) is 62.0 cm³/mol. The molecule has 0 unspecified atom stereocenters. The predicted octanol–water partition coefficient (Wildman–Crippen LogP) is 2.86. The molecule has 1 aromatic carbocycles. The van der Waals surface area contributed by atoms with Crippen molar-refractivity contribution in [3.05, 3.63) is 41.7 Å². The molecule has 0 saturated carbocycles. The van der Waals surface area contributed by atoms with Crippen molar-refractivity contribution in [2.24, 2.45) is 0 Å². The second-order valence-corrected chi connectivity index (χ2v) is 4.14. The molecule has 0 aliphatic rings. The lowest BCUT2D eigenvalue weighted by Crippen LogP contribution is -2.06. The average molecular weight is 237 g/mol. The van der Waals surface area contributed by atoms with Crippen LogP contribution in [0.5, 0.6) is 0 Å². The Morgan fingerprint density at radius 3 is 2.53 bits per heavy atom. The second-order valence-electron chi connectivity index (χ2n) is 4.14. The first kappa shape index (κ1) is 11.6. The van der Waals surface area contributed by atoms with Gasteiger partial charge in [0, 0.05) is 6.20 Å². The normalized spacial score (nSPS) is 11.1. The number of aromatic nitrogens is 2. The van der Waals surface area contributed by atoms with E-state index in [0.717, 1.165) is 11.8 Å². The van der Waals surface area contributed by atoms with Crippen LogP contribution < -0.4 is 5.73 Å². The maximum Gasteiger partial charge on any atom is 0.186 e. The van der Waals surface area contributed by atoms with Crippen LogP contribution in [-0.2, 0) is 0 Å². The van der Waals surface area contributed by atoms with E-state index in [1.807, 2.05) is 13.8 Å². The summed E-state index contributed by atoms with van der Waals surface area (Å²) in [5.74, 6) is -1.70. The van der Waals surface area contributed by atoms with Gasteiger partial charge in [0.15, 0.2) is 11.6 Å². The molecule has 0 aliphatic heterocycles. The molecule has 2 N–H and O–H groups in total. The summed E-state index contributed by atoms with van der Waals surface area (Å²) >= 11 is 0. The molecule has 0 bridgehead atoms. The highest BCUT2D eigenvalue weighted by Gasteiger charge is 2.15. The molecule has 0 amide bonds. The smallest absolute Gasteiger partial charge is 0.186 e. The van der Waals surface area contributed by atoms with Gasteiger partial charge in [0.05, 0.1) is 11.4 Å². The minimum Gasteiger partial charge on any atom is -0.397 e. The van der Waals surface area contributed by atoms with Crippen molar-refractivity contribution >= 4 is 5.69 Å². The Morgan fingerprint density at radius 2 is 1.94 bits per heavy atom. The van der Waals surface area contributed by atoms with Crippen LogP contribution in [0.15, 0.2) is 24.4 Å². The highest BCUT2D eigenvalue weighted by molar-refractivity contribution is 5.58. The molecule has 0 radical (unpaired) electrons. The highest BCUT2D eigenvalue weighted by atomic mass is 19.2. The topological polar surface area (TPSA) is 43.8 Å². The lowest BCUT2D eigenvalue weighted by atomic mass is 10.1. The van der Waals surface area contributed by atoms with E-state index in [2.05, 4.69) is 5.10 Å². The number of rotatable bonds is 2. The average Bonchev–Trinajstić information content (AvgIpc) is 2.73. The van der Waals surface area contributed by atoms with Crippen LogP contribution in [0.3, 0.4) is 0 Å². The first-order valence-electron chi connectivity index (χ1n) is 5.30. The summed E-state index contributed by atoms with van der Waals surface area (Å²) in [5, 5.41) is 4.17. The Morgan fingerprint density at radius 1 is 1.24 bits per heavy atom. The highest BCUT2D eigenvalue weighted by Crippen LogP contribution is 2.23. The van der Waals surface area contributed by atoms with Crippen LogP contribution in [-0.4, -0.2) is 9.78 Å². The monoisotopic (exact) mass is 237 g/mol. The van der Waals surface area contributed by atoms with Gasteiger partial charge in [-0.15, -0.1) is 0 Å². The third kappa shape index (κ3) is 2.00. The minimum absolute atomic E-state index is 0.0445. The molecule has 3 nitrogen and oxygen atoms in total. The van der Waals surface area contributed by atoms with Crippen molar-refractivity contribution in [1.82, 2.24) is 9.78 Å². The summed E-state index contributed by atoms with van der Waals surface area (Å²) in [7, 11) is 0. The molecular weight excluding hydrogens is 224 g/mol. The van der Waals surface area contributed by atoms with E-state index in [1.165, 1.54) is 10.7 Å². The molecule has 0 fully saturated rings. The van der Waals surface area contributed by atoms with E-state index in [9.17, 15) is 8.78 Å².